The summed E-state index contributed by atoms with van der Waals surface area (Å²) < 4.78 is 10.2. The van der Waals surface area contributed by atoms with E-state index in [9.17, 15) is 10.1 Å². The van der Waals surface area contributed by atoms with E-state index in [2.05, 4.69) is 5.16 Å². The Kier molecular flexibility index (Phi) is 3.04. The van der Waals surface area contributed by atoms with Crippen molar-refractivity contribution in [3.8, 4) is 5.75 Å². The summed E-state index contributed by atoms with van der Waals surface area (Å²) in [7, 11) is 0. The zero-order valence-corrected chi connectivity index (χ0v) is 9.12. The minimum atomic E-state index is -0.465. The van der Waals surface area contributed by atoms with Gasteiger partial charge in [0.25, 0.3) is 5.69 Å². The van der Waals surface area contributed by atoms with Crippen molar-refractivity contribution in [1.29, 1.82) is 0 Å². The SMILES string of the molecule is Cc1cc(COc2cccc([N+](=O)[O-])c2)no1. The second-order valence-electron chi connectivity index (χ2n) is 3.47. The maximum absolute atomic E-state index is 10.6. The Morgan fingerprint density at radius 1 is 1.47 bits per heavy atom. The van der Waals surface area contributed by atoms with Crippen LogP contribution >= 0.6 is 0 Å². The fourth-order valence-electron chi connectivity index (χ4n) is 1.33. The van der Waals surface area contributed by atoms with Gasteiger partial charge in [0.2, 0.25) is 0 Å². The molecule has 1 heterocycles. The fraction of sp³-hybridized carbons (Fsp3) is 0.182. The van der Waals surface area contributed by atoms with Gasteiger partial charge in [0, 0.05) is 12.1 Å². The van der Waals surface area contributed by atoms with E-state index in [0.29, 0.717) is 17.2 Å². The number of nitrogens with zero attached hydrogens (tertiary/aromatic N) is 2. The number of ether oxygens (including phenoxy) is 1. The summed E-state index contributed by atoms with van der Waals surface area (Å²) in [6.07, 6.45) is 0. The molecule has 0 spiro atoms. The number of aromatic nitrogens is 1. The molecule has 88 valence electrons. The van der Waals surface area contributed by atoms with Gasteiger partial charge in [-0.2, -0.15) is 0 Å². The molecule has 0 fully saturated rings. The molecule has 1 aromatic carbocycles. The Bertz CT molecular complexity index is 536. The lowest BCUT2D eigenvalue weighted by Crippen LogP contribution is -1.96. The molecule has 0 unspecified atom stereocenters. The lowest BCUT2D eigenvalue weighted by molar-refractivity contribution is -0.384. The molecule has 0 aliphatic carbocycles. The largest absolute Gasteiger partial charge is 0.487 e. The van der Waals surface area contributed by atoms with E-state index in [4.69, 9.17) is 9.26 Å². The standard InChI is InChI=1S/C11H10N2O4/c1-8-5-9(12-17-8)7-16-11-4-2-3-10(6-11)13(14)15/h2-6H,7H2,1H3. The van der Waals surface area contributed by atoms with E-state index < -0.39 is 4.92 Å². The number of rotatable bonds is 4. The third kappa shape index (κ3) is 2.81. The fourth-order valence-corrected chi connectivity index (χ4v) is 1.33. The first kappa shape index (κ1) is 11.1. The number of aryl methyl sites for hydroxylation is 1. The van der Waals surface area contributed by atoms with E-state index in [1.54, 1.807) is 25.1 Å². The van der Waals surface area contributed by atoms with Crippen molar-refractivity contribution in [1.82, 2.24) is 5.16 Å². The molecule has 0 saturated carbocycles. The van der Waals surface area contributed by atoms with Gasteiger partial charge < -0.3 is 9.26 Å². The van der Waals surface area contributed by atoms with E-state index in [1.165, 1.54) is 12.1 Å². The van der Waals surface area contributed by atoms with Crippen molar-refractivity contribution in [3.63, 3.8) is 0 Å². The number of nitro benzene ring substituents is 1. The number of non-ortho nitro benzene ring substituents is 1. The summed E-state index contributed by atoms with van der Waals surface area (Å²) in [6.45, 7) is 2.00. The minimum Gasteiger partial charge on any atom is -0.487 e. The second kappa shape index (κ2) is 4.65. The van der Waals surface area contributed by atoms with Crippen LogP contribution in [0.2, 0.25) is 0 Å². The lowest BCUT2D eigenvalue weighted by Gasteiger charge is -2.02. The van der Waals surface area contributed by atoms with E-state index >= 15 is 0 Å². The Labute approximate surface area is 97.0 Å². The first-order valence-electron chi connectivity index (χ1n) is 4.94. The van der Waals surface area contributed by atoms with Crippen molar-refractivity contribution in [2.45, 2.75) is 13.5 Å². The Balaban J connectivity index is 2.04. The zero-order chi connectivity index (χ0) is 12.3. The highest BCUT2D eigenvalue weighted by Crippen LogP contribution is 2.20. The molecular formula is C11H10N2O4. The highest BCUT2D eigenvalue weighted by molar-refractivity contribution is 5.37. The van der Waals surface area contributed by atoms with Crippen molar-refractivity contribution >= 4 is 5.69 Å². The van der Waals surface area contributed by atoms with Gasteiger partial charge >= 0.3 is 0 Å². The summed E-state index contributed by atoms with van der Waals surface area (Å²) in [5.41, 5.74) is 0.646. The van der Waals surface area contributed by atoms with Gasteiger partial charge in [0.15, 0.2) is 0 Å². The smallest absolute Gasteiger partial charge is 0.273 e. The predicted molar refractivity (Wildman–Crippen MR) is 58.7 cm³/mol. The molecule has 0 amide bonds. The monoisotopic (exact) mass is 234 g/mol. The third-order valence-corrected chi connectivity index (χ3v) is 2.09. The Morgan fingerprint density at radius 3 is 2.94 bits per heavy atom. The average Bonchev–Trinajstić information content (AvgIpc) is 2.73. The van der Waals surface area contributed by atoms with Crippen LogP contribution in [0.25, 0.3) is 0 Å². The van der Waals surface area contributed by atoms with E-state index in [0.717, 1.165) is 0 Å². The molecule has 0 bridgehead atoms. The van der Waals surface area contributed by atoms with Crippen LogP contribution in [0.3, 0.4) is 0 Å². The van der Waals surface area contributed by atoms with E-state index in [1.807, 2.05) is 0 Å². The molecule has 6 heteroatoms. The molecule has 2 aromatic rings. The Hall–Kier alpha value is -2.37. The molecule has 0 atom stereocenters. The summed E-state index contributed by atoms with van der Waals surface area (Å²) in [5, 5.41) is 14.3. The van der Waals surface area contributed by atoms with Gasteiger partial charge in [-0.15, -0.1) is 0 Å². The maximum atomic E-state index is 10.6. The molecule has 6 nitrogen and oxygen atoms in total. The zero-order valence-electron chi connectivity index (χ0n) is 9.12. The number of nitro groups is 1. The van der Waals surface area contributed by atoms with Crippen LogP contribution in [-0.2, 0) is 6.61 Å². The van der Waals surface area contributed by atoms with Crippen LogP contribution in [0.5, 0.6) is 5.75 Å². The van der Waals surface area contributed by atoms with Crippen LogP contribution in [0.1, 0.15) is 11.5 Å². The number of hydrogen-bond acceptors (Lipinski definition) is 5. The Morgan fingerprint density at radius 2 is 2.29 bits per heavy atom. The summed E-state index contributed by atoms with van der Waals surface area (Å²) >= 11 is 0. The normalized spacial score (nSPS) is 10.2. The molecule has 0 saturated heterocycles. The van der Waals surface area contributed by atoms with Gasteiger partial charge in [0.1, 0.15) is 23.8 Å². The summed E-state index contributed by atoms with van der Waals surface area (Å²) in [5.74, 6) is 1.13. The van der Waals surface area contributed by atoms with Crippen LogP contribution in [-0.4, -0.2) is 10.1 Å². The van der Waals surface area contributed by atoms with Gasteiger partial charge in [0.05, 0.1) is 11.0 Å². The molecule has 1 aromatic heterocycles. The van der Waals surface area contributed by atoms with Gasteiger partial charge in [-0.1, -0.05) is 11.2 Å². The van der Waals surface area contributed by atoms with Crippen molar-refractivity contribution < 1.29 is 14.2 Å². The van der Waals surface area contributed by atoms with E-state index in [-0.39, 0.29) is 12.3 Å². The second-order valence-corrected chi connectivity index (χ2v) is 3.47. The molecule has 17 heavy (non-hydrogen) atoms. The number of hydrogen-bond donors (Lipinski definition) is 0. The maximum Gasteiger partial charge on any atom is 0.273 e. The third-order valence-electron chi connectivity index (χ3n) is 2.09. The van der Waals surface area contributed by atoms with Crippen molar-refractivity contribution in [2.75, 3.05) is 0 Å². The minimum absolute atomic E-state index is 0.00108. The highest BCUT2D eigenvalue weighted by atomic mass is 16.6. The van der Waals surface area contributed by atoms with Gasteiger partial charge in [-0.3, -0.25) is 10.1 Å². The number of benzene rings is 1. The first-order chi connectivity index (χ1) is 8.15. The predicted octanol–water partition coefficient (Wildman–Crippen LogP) is 2.47. The first-order valence-corrected chi connectivity index (χ1v) is 4.94. The molecule has 0 radical (unpaired) electrons. The lowest BCUT2D eigenvalue weighted by atomic mass is 10.3. The quantitative estimate of drug-likeness (QED) is 0.599. The van der Waals surface area contributed by atoms with Crippen LogP contribution < -0.4 is 4.74 Å². The molecule has 0 aliphatic heterocycles. The molecular weight excluding hydrogens is 224 g/mol. The van der Waals surface area contributed by atoms with Crippen molar-refractivity contribution in [3.05, 3.63) is 51.9 Å². The highest BCUT2D eigenvalue weighted by Gasteiger charge is 2.07. The van der Waals surface area contributed by atoms with Gasteiger partial charge in [-0.05, 0) is 13.0 Å². The summed E-state index contributed by atoms with van der Waals surface area (Å²) in [4.78, 5) is 10.1. The molecule has 2 rings (SSSR count). The van der Waals surface area contributed by atoms with Gasteiger partial charge in [-0.25, -0.2) is 0 Å². The average molecular weight is 234 g/mol. The molecule has 0 aliphatic rings. The van der Waals surface area contributed by atoms with Crippen molar-refractivity contribution in [2.24, 2.45) is 0 Å². The van der Waals surface area contributed by atoms with Crippen LogP contribution in [0, 0.1) is 17.0 Å². The molecule has 0 N–H and O–H groups in total. The van der Waals surface area contributed by atoms with Crippen LogP contribution in [0.4, 0.5) is 5.69 Å². The summed E-state index contributed by atoms with van der Waals surface area (Å²) in [6, 6.07) is 7.75. The topological polar surface area (TPSA) is 78.4 Å². The van der Waals surface area contributed by atoms with Crippen LogP contribution in [0.15, 0.2) is 34.9 Å².